The second-order valence-electron chi connectivity index (χ2n) is 5.28. The average Bonchev–Trinajstić information content (AvgIpc) is 2.39. The highest BCUT2D eigenvalue weighted by molar-refractivity contribution is 5.35. The molecule has 1 saturated heterocycles. The Kier molecular flexibility index (Phi) is 2.87. The zero-order chi connectivity index (χ0) is 11.7. The van der Waals surface area contributed by atoms with Gasteiger partial charge in [0.2, 0.25) is 0 Å². The largest absolute Gasteiger partial charge is 0.352 e. The lowest BCUT2D eigenvalue weighted by molar-refractivity contribution is 0.202. The van der Waals surface area contributed by atoms with E-state index in [0.717, 1.165) is 24.9 Å². The third-order valence-corrected chi connectivity index (χ3v) is 4.28. The molecule has 1 aliphatic heterocycles. The van der Waals surface area contributed by atoms with Crippen LogP contribution >= 0.6 is 0 Å². The Labute approximate surface area is 101 Å². The number of aromatic amines is 1. The predicted octanol–water partition coefficient (Wildman–Crippen LogP) is 1.79. The highest BCUT2D eigenvalue weighted by Crippen LogP contribution is 2.36. The van der Waals surface area contributed by atoms with Crippen molar-refractivity contribution in [2.75, 3.05) is 18.0 Å². The molecule has 1 aromatic rings. The van der Waals surface area contributed by atoms with Crippen LogP contribution in [0.15, 0.2) is 17.2 Å². The van der Waals surface area contributed by atoms with Crippen molar-refractivity contribution in [2.24, 2.45) is 11.8 Å². The van der Waals surface area contributed by atoms with Crippen LogP contribution in [0.4, 0.5) is 5.82 Å². The van der Waals surface area contributed by atoms with Crippen LogP contribution in [-0.4, -0.2) is 23.1 Å². The van der Waals surface area contributed by atoms with Crippen LogP contribution in [0.5, 0.6) is 0 Å². The molecule has 2 heterocycles. The summed E-state index contributed by atoms with van der Waals surface area (Å²) in [6.45, 7) is 2.01. The van der Waals surface area contributed by atoms with Gasteiger partial charge in [0.15, 0.2) is 5.82 Å². The summed E-state index contributed by atoms with van der Waals surface area (Å²) in [5, 5.41) is 0. The van der Waals surface area contributed by atoms with Crippen molar-refractivity contribution in [3.8, 4) is 0 Å². The third-order valence-electron chi connectivity index (χ3n) is 4.28. The first kappa shape index (κ1) is 10.8. The zero-order valence-corrected chi connectivity index (χ0v) is 10.1. The van der Waals surface area contributed by atoms with Crippen molar-refractivity contribution in [1.82, 2.24) is 9.97 Å². The van der Waals surface area contributed by atoms with Crippen LogP contribution in [0.3, 0.4) is 0 Å². The van der Waals surface area contributed by atoms with E-state index < -0.39 is 0 Å². The molecule has 1 aromatic heterocycles. The lowest BCUT2D eigenvalue weighted by Gasteiger charge is -2.41. The summed E-state index contributed by atoms with van der Waals surface area (Å²) >= 11 is 0. The Morgan fingerprint density at radius 2 is 2.06 bits per heavy atom. The summed E-state index contributed by atoms with van der Waals surface area (Å²) < 4.78 is 0. The van der Waals surface area contributed by atoms with E-state index in [1.165, 1.54) is 32.1 Å². The fraction of sp³-hybridized carbons (Fsp3) is 0.692. The molecule has 0 spiro atoms. The summed E-state index contributed by atoms with van der Waals surface area (Å²) in [5.41, 5.74) is -0.0539. The van der Waals surface area contributed by atoms with Crippen molar-refractivity contribution in [2.45, 2.75) is 32.1 Å². The predicted molar refractivity (Wildman–Crippen MR) is 67.1 cm³/mol. The van der Waals surface area contributed by atoms with Gasteiger partial charge in [-0.1, -0.05) is 19.3 Å². The number of piperidine rings is 1. The van der Waals surface area contributed by atoms with E-state index in [1.54, 1.807) is 12.4 Å². The van der Waals surface area contributed by atoms with E-state index in [4.69, 9.17) is 0 Å². The molecule has 2 unspecified atom stereocenters. The molecule has 2 fully saturated rings. The van der Waals surface area contributed by atoms with Gasteiger partial charge in [-0.25, -0.2) is 4.98 Å². The zero-order valence-electron chi connectivity index (χ0n) is 10.1. The Hall–Kier alpha value is -1.32. The minimum absolute atomic E-state index is 0.0539. The first-order valence-electron chi connectivity index (χ1n) is 6.63. The number of nitrogens with one attached hydrogen (secondary N) is 1. The van der Waals surface area contributed by atoms with Gasteiger partial charge in [0.25, 0.3) is 5.56 Å². The van der Waals surface area contributed by atoms with E-state index in [9.17, 15) is 4.79 Å². The molecule has 2 aliphatic rings. The number of H-pyrrole nitrogens is 1. The first-order valence-corrected chi connectivity index (χ1v) is 6.63. The second kappa shape index (κ2) is 4.51. The molecule has 0 radical (unpaired) electrons. The SMILES string of the molecule is O=c1[nH]ccnc1N1CCC2CCCCC2C1. The smallest absolute Gasteiger partial charge is 0.290 e. The number of fused-ring (bicyclic) bond motifs is 1. The minimum Gasteiger partial charge on any atom is -0.352 e. The highest BCUT2D eigenvalue weighted by Gasteiger charge is 2.32. The number of anilines is 1. The van der Waals surface area contributed by atoms with Gasteiger partial charge in [-0.05, 0) is 24.7 Å². The number of nitrogens with zero attached hydrogens (tertiary/aromatic N) is 2. The Balaban J connectivity index is 1.78. The Morgan fingerprint density at radius 1 is 1.24 bits per heavy atom. The molecule has 1 aliphatic carbocycles. The van der Waals surface area contributed by atoms with E-state index in [0.29, 0.717) is 5.82 Å². The Bertz CT molecular complexity index is 442. The summed E-state index contributed by atoms with van der Waals surface area (Å²) in [6.07, 6.45) is 9.95. The van der Waals surface area contributed by atoms with Crippen molar-refractivity contribution >= 4 is 5.82 Å². The molecular weight excluding hydrogens is 214 g/mol. The standard InChI is InChI=1S/C13H19N3O/c17-13-12(14-6-7-15-13)16-8-5-10-3-1-2-4-11(10)9-16/h6-7,10-11H,1-5,8-9H2,(H,15,17). The third kappa shape index (κ3) is 2.08. The summed E-state index contributed by atoms with van der Waals surface area (Å²) in [6, 6.07) is 0. The van der Waals surface area contributed by atoms with Crippen LogP contribution < -0.4 is 10.5 Å². The summed E-state index contributed by atoms with van der Waals surface area (Å²) in [7, 11) is 0. The van der Waals surface area contributed by atoms with Crippen molar-refractivity contribution in [3.05, 3.63) is 22.7 Å². The molecule has 0 aromatic carbocycles. The normalized spacial score (nSPS) is 28.8. The maximum absolute atomic E-state index is 11.7. The van der Waals surface area contributed by atoms with Crippen LogP contribution in [0.1, 0.15) is 32.1 Å². The number of rotatable bonds is 1. The van der Waals surface area contributed by atoms with Gasteiger partial charge in [-0.3, -0.25) is 4.79 Å². The van der Waals surface area contributed by atoms with Gasteiger partial charge in [0, 0.05) is 25.5 Å². The van der Waals surface area contributed by atoms with Gasteiger partial charge in [-0.2, -0.15) is 0 Å². The molecule has 4 heteroatoms. The molecular formula is C13H19N3O. The Morgan fingerprint density at radius 3 is 2.88 bits per heavy atom. The molecule has 92 valence electrons. The minimum atomic E-state index is -0.0539. The van der Waals surface area contributed by atoms with Gasteiger partial charge in [0.1, 0.15) is 0 Å². The molecule has 4 nitrogen and oxygen atoms in total. The lowest BCUT2D eigenvalue weighted by atomic mass is 9.75. The molecule has 3 rings (SSSR count). The monoisotopic (exact) mass is 233 g/mol. The van der Waals surface area contributed by atoms with Gasteiger partial charge in [-0.15, -0.1) is 0 Å². The molecule has 2 atom stereocenters. The van der Waals surface area contributed by atoms with E-state index in [2.05, 4.69) is 14.9 Å². The molecule has 1 N–H and O–H groups in total. The van der Waals surface area contributed by atoms with Gasteiger partial charge >= 0.3 is 0 Å². The van der Waals surface area contributed by atoms with Crippen molar-refractivity contribution in [3.63, 3.8) is 0 Å². The number of aromatic nitrogens is 2. The van der Waals surface area contributed by atoms with E-state index in [1.807, 2.05) is 0 Å². The quantitative estimate of drug-likeness (QED) is 0.804. The molecule has 1 saturated carbocycles. The van der Waals surface area contributed by atoms with Crippen LogP contribution in [0.2, 0.25) is 0 Å². The summed E-state index contributed by atoms with van der Waals surface area (Å²) in [4.78, 5) is 20.8. The van der Waals surface area contributed by atoms with Crippen LogP contribution in [-0.2, 0) is 0 Å². The van der Waals surface area contributed by atoms with Crippen LogP contribution in [0, 0.1) is 11.8 Å². The van der Waals surface area contributed by atoms with E-state index >= 15 is 0 Å². The lowest BCUT2D eigenvalue weighted by Crippen LogP contribution is -2.44. The number of hydrogen-bond acceptors (Lipinski definition) is 3. The maximum Gasteiger partial charge on any atom is 0.290 e. The maximum atomic E-state index is 11.7. The van der Waals surface area contributed by atoms with Crippen molar-refractivity contribution < 1.29 is 0 Å². The average molecular weight is 233 g/mol. The van der Waals surface area contributed by atoms with Gasteiger partial charge in [0.05, 0.1) is 0 Å². The van der Waals surface area contributed by atoms with E-state index in [-0.39, 0.29) is 5.56 Å². The highest BCUT2D eigenvalue weighted by atomic mass is 16.1. The first-order chi connectivity index (χ1) is 8.34. The topological polar surface area (TPSA) is 49.0 Å². The molecule has 0 bridgehead atoms. The fourth-order valence-electron chi connectivity index (χ4n) is 3.36. The van der Waals surface area contributed by atoms with Gasteiger partial charge < -0.3 is 9.88 Å². The second-order valence-corrected chi connectivity index (χ2v) is 5.28. The number of hydrogen-bond donors (Lipinski definition) is 1. The molecule has 17 heavy (non-hydrogen) atoms. The fourth-order valence-corrected chi connectivity index (χ4v) is 3.36. The van der Waals surface area contributed by atoms with Crippen LogP contribution in [0.25, 0.3) is 0 Å². The summed E-state index contributed by atoms with van der Waals surface area (Å²) in [5.74, 6) is 2.28. The van der Waals surface area contributed by atoms with Crippen molar-refractivity contribution in [1.29, 1.82) is 0 Å². The molecule has 0 amide bonds.